The van der Waals surface area contributed by atoms with E-state index in [0.717, 1.165) is 21.3 Å². The fraction of sp³-hybridized carbons (Fsp3) is 0. The molecule has 3 nitrogen and oxygen atoms in total. The second-order valence-corrected chi connectivity index (χ2v) is 6.59. The lowest BCUT2D eigenvalue weighted by molar-refractivity contribution is 0.0978. The van der Waals surface area contributed by atoms with Gasteiger partial charge in [-0.3, -0.25) is 10.1 Å². The highest BCUT2D eigenvalue weighted by molar-refractivity contribution is 9.10. The monoisotopic (exact) mass is 410 g/mol. The third kappa shape index (κ3) is 4.53. The summed E-state index contributed by atoms with van der Waals surface area (Å²) in [6.45, 7) is 0. The summed E-state index contributed by atoms with van der Waals surface area (Å²) in [7, 11) is 0. The topological polar surface area (TPSA) is 41.1 Å². The van der Waals surface area contributed by atoms with Crippen LogP contribution in [0.2, 0.25) is 0 Å². The van der Waals surface area contributed by atoms with E-state index in [1.165, 1.54) is 0 Å². The van der Waals surface area contributed by atoms with Crippen LogP contribution in [0.25, 0.3) is 11.1 Å². The van der Waals surface area contributed by atoms with Gasteiger partial charge in [0.15, 0.2) is 5.11 Å². The number of carbonyl (C=O) groups excluding carboxylic acids is 1. The van der Waals surface area contributed by atoms with Gasteiger partial charge in [-0.2, -0.15) is 0 Å². The van der Waals surface area contributed by atoms with Crippen LogP contribution in [0.4, 0.5) is 5.69 Å². The highest BCUT2D eigenvalue weighted by Gasteiger charge is 2.09. The van der Waals surface area contributed by atoms with E-state index in [0.29, 0.717) is 5.56 Å². The standard InChI is InChI=1S/C20H15BrN2OS/c21-17-8-4-5-9-18(17)22-20(25)23-19(24)16-12-10-15(11-13-16)14-6-2-1-3-7-14/h1-13H,(H2,22,23,24,25). The summed E-state index contributed by atoms with van der Waals surface area (Å²) in [6, 6.07) is 25.0. The largest absolute Gasteiger partial charge is 0.331 e. The van der Waals surface area contributed by atoms with Crippen molar-refractivity contribution >= 4 is 44.9 Å². The molecule has 25 heavy (non-hydrogen) atoms. The molecule has 0 saturated carbocycles. The van der Waals surface area contributed by atoms with E-state index in [4.69, 9.17) is 12.2 Å². The van der Waals surface area contributed by atoms with E-state index in [2.05, 4.69) is 26.6 Å². The average molecular weight is 411 g/mol. The molecule has 124 valence electrons. The lowest BCUT2D eigenvalue weighted by Gasteiger charge is -2.11. The van der Waals surface area contributed by atoms with Crippen molar-refractivity contribution in [3.05, 3.63) is 88.9 Å². The molecule has 3 rings (SSSR count). The Morgan fingerprint density at radius 3 is 2.08 bits per heavy atom. The van der Waals surface area contributed by atoms with E-state index in [1.54, 1.807) is 12.1 Å². The van der Waals surface area contributed by atoms with Gasteiger partial charge in [0.05, 0.1) is 5.69 Å². The van der Waals surface area contributed by atoms with Gasteiger partial charge in [-0.1, -0.05) is 54.6 Å². The van der Waals surface area contributed by atoms with Gasteiger partial charge in [-0.05, 0) is 63.5 Å². The van der Waals surface area contributed by atoms with E-state index in [1.807, 2.05) is 66.7 Å². The number of rotatable bonds is 3. The quantitative estimate of drug-likeness (QED) is 0.579. The van der Waals surface area contributed by atoms with Crippen molar-refractivity contribution in [3.8, 4) is 11.1 Å². The first kappa shape index (κ1) is 17.3. The van der Waals surface area contributed by atoms with Gasteiger partial charge in [-0.15, -0.1) is 0 Å². The van der Waals surface area contributed by atoms with Crippen molar-refractivity contribution in [2.24, 2.45) is 0 Å². The van der Waals surface area contributed by atoms with Crippen LogP contribution < -0.4 is 10.6 Å². The minimum absolute atomic E-state index is 0.246. The zero-order valence-electron chi connectivity index (χ0n) is 13.2. The van der Waals surface area contributed by atoms with Crippen LogP contribution in [-0.4, -0.2) is 11.0 Å². The minimum atomic E-state index is -0.246. The molecule has 0 atom stereocenters. The Kier molecular flexibility index (Phi) is 5.58. The number of hydrogen-bond donors (Lipinski definition) is 2. The van der Waals surface area contributed by atoms with Crippen molar-refractivity contribution in [1.82, 2.24) is 5.32 Å². The fourth-order valence-corrected chi connectivity index (χ4v) is 2.92. The Morgan fingerprint density at radius 2 is 1.40 bits per heavy atom. The summed E-state index contributed by atoms with van der Waals surface area (Å²) in [6.07, 6.45) is 0. The third-order valence-corrected chi connectivity index (χ3v) is 4.50. The van der Waals surface area contributed by atoms with Crippen molar-refractivity contribution < 1.29 is 4.79 Å². The highest BCUT2D eigenvalue weighted by atomic mass is 79.9. The second kappa shape index (κ2) is 8.05. The van der Waals surface area contributed by atoms with E-state index in [-0.39, 0.29) is 11.0 Å². The molecule has 0 fully saturated rings. The molecule has 0 aromatic heterocycles. The van der Waals surface area contributed by atoms with Gasteiger partial charge in [0.1, 0.15) is 0 Å². The van der Waals surface area contributed by atoms with Gasteiger partial charge >= 0.3 is 0 Å². The molecule has 1 amide bonds. The molecule has 0 saturated heterocycles. The number of hydrogen-bond acceptors (Lipinski definition) is 2. The maximum Gasteiger partial charge on any atom is 0.257 e. The summed E-state index contributed by atoms with van der Waals surface area (Å²) < 4.78 is 0.874. The SMILES string of the molecule is O=C(NC(=S)Nc1ccccc1Br)c1ccc(-c2ccccc2)cc1. The Hall–Kier alpha value is -2.50. The molecule has 0 bridgehead atoms. The molecule has 0 unspecified atom stereocenters. The Morgan fingerprint density at radius 1 is 0.800 bits per heavy atom. The molecule has 0 aliphatic heterocycles. The predicted octanol–water partition coefficient (Wildman–Crippen LogP) is 5.24. The molecule has 3 aromatic carbocycles. The van der Waals surface area contributed by atoms with Gasteiger partial charge in [0, 0.05) is 10.0 Å². The van der Waals surface area contributed by atoms with Gasteiger partial charge < -0.3 is 5.32 Å². The number of amides is 1. The van der Waals surface area contributed by atoms with Crippen molar-refractivity contribution in [2.45, 2.75) is 0 Å². The van der Waals surface area contributed by atoms with Crippen LogP contribution in [0.15, 0.2) is 83.3 Å². The van der Waals surface area contributed by atoms with Crippen LogP contribution in [0.3, 0.4) is 0 Å². The Bertz CT molecular complexity index is 895. The molecule has 2 N–H and O–H groups in total. The maximum atomic E-state index is 12.3. The number of halogens is 1. The van der Waals surface area contributed by atoms with Crippen LogP contribution in [0.1, 0.15) is 10.4 Å². The second-order valence-electron chi connectivity index (χ2n) is 5.33. The maximum absolute atomic E-state index is 12.3. The molecule has 0 spiro atoms. The van der Waals surface area contributed by atoms with Crippen LogP contribution in [0, 0.1) is 0 Å². The Labute approximate surface area is 160 Å². The summed E-state index contributed by atoms with van der Waals surface area (Å²) in [5, 5.41) is 5.95. The molecular weight excluding hydrogens is 396 g/mol. The smallest absolute Gasteiger partial charge is 0.257 e. The van der Waals surface area contributed by atoms with E-state index in [9.17, 15) is 4.79 Å². The number of benzene rings is 3. The number of anilines is 1. The molecular formula is C20H15BrN2OS. The number of carbonyl (C=O) groups is 1. The zero-order valence-corrected chi connectivity index (χ0v) is 15.6. The molecule has 0 aliphatic carbocycles. The third-order valence-electron chi connectivity index (χ3n) is 3.60. The number of nitrogens with one attached hydrogen (secondary N) is 2. The van der Waals surface area contributed by atoms with Gasteiger partial charge in [-0.25, -0.2) is 0 Å². The molecule has 0 radical (unpaired) electrons. The molecule has 0 heterocycles. The fourth-order valence-electron chi connectivity index (χ4n) is 2.34. The number of para-hydroxylation sites is 1. The summed E-state index contributed by atoms with van der Waals surface area (Å²) >= 11 is 8.64. The Balaban J connectivity index is 1.65. The van der Waals surface area contributed by atoms with Crippen molar-refractivity contribution in [2.75, 3.05) is 5.32 Å². The average Bonchev–Trinajstić information content (AvgIpc) is 2.64. The summed E-state index contributed by atoms with van der Waals surface area (Å²) in [5.74, 6) is -0.246. The first-order valence-corrected chi connectivity index (χ1v) is 8.86. The molecule has 3 aromatic rings. The lowest BCUT2D eigenvalue weighted by Crippen LogP contribution is -2.34. The van der Waals surface area contributed by atoms with Crippen LogP contribution in [0.5, 0.6) is 0 Å². The molecule has 0 aliphatic rings. The van der Waals surface area contributed by atoms with Crippen LogP contribution >= 0.6 is 28.1 Å². The van der Waals surface area contributed by atoms with Crippen LogP contribution in [-0.2, 0) is 0 Å². The van der Waals surface area contributed by atoms with Crippen molar-refractivity contribution in [3.63, 3.8) is 0 Å². The first-order valence-electron chi connectivity index (χ1n) is 7.66. The van der Waals surface area contributed by atoms with E-state index >= 15 is 0 Å². The highest BCUT2D eigenvalue weighted by Crippen LogP contribution is 2.21. The summed E-state index contributed by atoms with van der Waals surface area (Å²) in [5.41, 5.74) is 3.52. The minimum Gasteiger partial charge on any atom is -0.331 e. The van der Waals surface area contributed by atoms with Gasteiger partial charge in [0.25, 0.3) is 5.91 Å². The predicted molar refractivity (Wildman–Crippen MR) is 110 cm³/mol. The lowest BCUT2D eigenvalue weighted by atomic mass is 10.0. The van der Waals surface area contributed by atoms with Gasteiger partial charge in [0.2, 0.25) is 0 Å². The van der Waals surface area contributed by atoms with Crippen molar-refractivity contribution in [1.29, 1.82) is 0 Å². The molecule has 5 heteroatoms. The zero-order chi connectivity index (χ0) is 17.6. The number of thiocarbonyl (C=S) groups is 1. The van der Waals surface area contributed by atoms with E-state index < -0.39 is 0 Å². The normalized spacial score (nSPS) is 10.1. The first-order chi connectivity index (χ1) is 12.1. The summed E-state index contributed by atoms with van der Waals surface area (Å²) in [4.78, 5) is 12.3.